The Morgan fingerprint density at radius 1 is 1.50 bits per heavy atom. The molecule has 4 nitrogen and oxygen atoms in total. The number of aromatic nitrogens is 1. The molecule has 18 heavy (non-hydrogen) atoms. The molecule has 0 saturated carbocycles. The Morgan fingerprint density at radius 2 is 2.17 bits per heavy atom. The Labute approximate surface area is 116 Å². The number of halogens is 2. The molecule has 2 N–H and O–H groups in total. The van der Waals surface area contributed by atoms with E-state index in [1.54, 1.807) is 0 Å². The summed E-state index contributed by atoms with van der Waals surface area (Å²) in [6, 6.07) is 1.48. The highest BCUT2D eigenvalue weighted by Crippen LogP contribution is 2.21. The quantitative estimate of drug-likeness (QED) is 0.819. The van der Waals surface area contributed by atoms with Gasteiger partial charge < -0.3 is 10.4 Å². The van der Waals surface area contributed by atoms with Gasteiger partial charge in [0.25, 0.3) is 5.91 Å². The molecule has 0 aliphatic heterocycles. The molecule has 0 saturated heterocycles. The van der Waals surface area contributed by atoms with Gasteiger partial charge in [0, 0.05) is 19.3 Å². The molecule has 0 aliphatic rings. The van der Waals surface area contributed by atoms with Crippen molar-refractivity contribution in [3.63, 3.8) is 0 Å². The minimum absolute atomic E-state index is 0.0944. The number of carbonyl (C=O) groups excluding carboxylic acids is 1. The van der Waals surface area contributed by atoms with Crippen LogP contribution < -0.4 is 5.32 Å². The van der Waals surface area contributed by atoms with Crippen LogP contribution >= 0.6 is 23.2 Å². The molecule has 0 fully saturated rings. The lowest BCUT2D eigenvalue weighted by Crippen LogP contribution is -2.34. The van der Waals surface area contributed by atoms with Crippen LogP contribution in [-0.4, -0.2) is 29.1 Å². The molecule has 100 valence electrons. The first-order valence-electron chi connectivity index (χ1n) is 5.56. The fraction of sp³-hybridized carbons (Fsp3) is 0.500. The van der Waals surface area contributed by atoms with Crippen molar-refractivity contribution in [3.8, 4) is 0 Å². The van der Waals surface area contributed by atoms with E-state index in [9.17, 15) is 4.79 Å². The van der Waals surface area contributed by atoms with E-state index in [-0.39, 0.29) is 28.1 Å². The summed E-state index contributed by atoms with van der Waals surface area (Å²) < 4.78 is 0. The zero-order valence-corrected chi connectivity index (χ0v) is 11.8. The summed E-state index contributed by atoms with van der Waals surface area (Å²) in [6.07, 6.45) is 2.00. The van der Waals surface area contributed by atoms with Gasteiger partial charge in [0.2, 0.25) is 0 Å². The third kappa shape index (κ3) is 4.44. The Hall–Kier alpha value is -0.840. The standard InChI is InChI=1S/C12H16Cl2N2O2/c1-12(2,3-4-17)7-16-11(18)8-5-9(13)10(14)15-6-8/h5-6,17H,3-4,7H2,1-2H3,(H,16,18). The SMILES string of the molecule is CC(C)(CCO)CNC(=O)c1cnc(Cl)c(Cl)c1. The maximum atomic E-state index is 11.8. The maximum Gasteiger partial charge on any atom is 0.252 e. The lowest BCUT2D eigenvalue weighted by molar-refractivity contribution is 0.0928. The number of rotatable bonds is 5. The molecule has 6 heteroatoms. The van der Waals surface area contributed by atoms with Crippen LogP contribution in [0.2, 0.25) is 10.2 Å². The van der Waals surface area contributed by atoms with Crippen LogP contribution in [0.4, 0.5) is 0 Å². The van der Waals surface area contributed by atoms with Crippen molar-refractivity contribution in [1.29, 1.82) is 0 Å². The van der Waals surface area contributed by atoms with Crippen LogP contribution in [0.25, 0.3) is 0 Å². The highest BCUT2D eigenvalue weighted by atomic mass is 35.5. The van der Waals surface area contributed by atoms with Crippen LogP contribution in [-0.2, 0) is 0 Å². The molecule has 0 unspecified atom stereocenters. The predicted octanol–water partition coefficient (Wildman–Crippen LogP) is 2.53. The second-order valence-corrected chi connectivity index (χ2v) is 5.58. The third-order valence-corrected chi connectivity index (χ3v) is 3.26. The van der Waals surface area contributed by atoms with E-state index in [1.807, 2.05) is 13.8 Å². The number of hydrogen-bond donors (Lipinski definition) is 2. The van der Waals surface area contributed by atoms with Crippen molar-refractivity contribution >= 4 is 29.1 Å². The number of nitrogens with one attached hydrogen (secondary N) is 1. The van der Waals surface area contributed by atoms with Crippen LogP contribution in [0.3, 0.4) is 0 Å². The van der Waals surface area contributed by atoms with Crippen LogP contribution in [0.1, 0.15) is 30.6 Å². The molecule has 0 aromatic carbocycles. The normalized spacial score (nSPS) is 11.4. The Morgan fingerprint density at radius 3 is 2.72 bits per heavy atom. The van der Waals surface area contributed by atoms with Gasteiger partial charge in [-0.2, -0.15) is 0 Å². The second kappa shape index (κ2) is 6.36. The number of amides is 1. The molecule has 0 spiro atoms. The summed E-state index contributed by atoms with van der Waals surface area (Å²) in [5.41, 5.74) is 0.206. The number of nitrogens with zero attached hydrogens (tertiary/aromatic N) is 1. The van der Waals surface area contributed by atoms with Crippen molar-refractivity contribution in [2.24, 2.45) is 5.41 Å². The average molecular weight is 291 g/mol. The molecule has 1 rings (SSSR count). The van der Waals surface area contributed by atoms with E-state index < -0.39 is 0 Å². The average Bonchev–Trinajstić information content (AvgIpc) is 2.30. The highest BCUT2D eigenvalue weighted by Gasteiger charge is 2.19. The van der Waals surface area contributed by atoms with Gasteiger partial charge >= 0.3 is 0 Å². The van der Waals surface area contributed by atoms with E-state index >= 15 is 0 Å². The fourth-order valence-corrected chi connectivity index (χ4v) is 1.63. The smallest absolute Gasteiger partial charge is 0.252 e. The van der Waals surface area contributed by atoms with Crippen LogP contribution in [0, 0.1) is 5.41 Å². The van der Waals surface area contributed by atoms with Crippen LogP contribution in [0.5, 0.6) is 0 Å². The van der Waals surface area contributed by atoms with Crippen molar-refractivity contribution in [2.75, 3.05) is 13.2 Å². The fourth-order valence-electron chi connectivity index (χ4n) is 1.36. The van der Waals surface area contributed by atoms with E-state index in [2.05, 4.69) is 10.3 Å². The van der Waals surface area contributed by atoms with Gasteiger partial charge in [0.05, 0.1) is 10.6 Å². The number of pyridine rings is 1. The predicted molar refractivity (Wildman–Crippen MR) is 72.1 cm³/mol. The summed E-state index contributed by atoms with van der Waals surface area (Å²) in [5.74, 6) is -0.257. The van der Waals surface area contributed by atoms with Crippen molar-refractivity contribution in [3.05, 3.63) is 28.0 Å². The lowest BCUT2D eigenvalue weighted by atomic mass is 9.90. The number of carbonyl (C=O) groups is 1. The minimum atomic E-state index is -0.257. The van der Waals surface area contributed by atoms with E-state index in [0.717, 1.165) is 0 Å². The van der Waals surface area contributed by atoms with Gasteiger partial charge in [-0.25, -0.2) is 4.98 Å². The minimum Gasteiger partial charge on any atom is -0.396 e. The molecule has 1 aromatic heterocycles. The largest absolute Gasteiger partial charge is 0.396 e. The van der Waals surface area contributed by atoms with Gasteiger partial charge in [-0.15, -0.1) is 0 Å². The second-order valence-electron chi connectivity index (χ2n) is 4.82. The molecule has 0 aliphatic carbocycles. The van der Waals surface area contributed by atoms with E-state index in [4.69, 9.17) is 28.3 Å². The third-order valence-electron chi connectivity index (χ3n) is 2.57. The Balaban J connectivity index is 2.63. The molecule has 1 aromatic rings. The van der Waals surface area contributed by atoms with Gasteiger partial charge in [-0.1, -0.05) is 37.0 Å². The first-order valence-corrected chi connectivity index (χ1v) is 6.31. The van der Waals surface area contributed by atoms with Crippen molar-refractivity contribution < 1.29 is 9.90 Å². The molecular weight excluding hydrogens is 275 g/mol. The number of hydrogen-bond acceptors (Lipinski definition) is 3. The summed E-state index contributed by atoms with van der Waals surface area (Å²) in [4.78, 5) is 15.7. The maximum absolute atomic E-state index is 11.8. The molecule has 1 amide bonds. The number of aliphatic hydroxyl groups excluding tert-OH is 1. The molecule has 1 heterocycles. The van der Waals surface area contributed by atoms with Crippen molar-refractivity contribution in [1.82, 2.24) is 10.3 Å². The van der Waals surface area contributed by atoms with Crippen molar-refractivity contribution in [2.45, 2.75) is 20.3 Å². The first-order chi connectivity index (χ1) is 8.35. The molecule has 0 radical (unpaired) electrons. The monoisotopic (exact) mass is 290 g/mol. The van der Waals surface area contributed by atoms with Gasteiger partial charge in [-0.3, -0.25) is 4.79 Å². The molecular formula is C12H16Cl2N2O2. The van der Waals surface area contributed by atoms with E-state index in [0.29, 0.717) is 18.5 Å². The number of aliphatic hydroxyl groups is 1. The van der Waals surface area contributed by atoms with Gasteiger partial charge in [0.15, 0.2) is 0 Å². The first kappa shape index (κ1) is 15.2. The molecule has 0 atom stereocenters. The summed E-state index contributed by atoms with van der Waals surface area (Å²) in [6.45, 7) is 4.50. The zero-order valence-electron chi connectivity index (χ0n) is 10.3. The molecule has 0 bridgehead atoms. The summed E-state index contributed by atoms with van der Waals surface area (Å²) in [5, 5.41) is 12.1. The zero-order chi connectivity index (χ0) is 13.8. The Kier molecular flexibility index (Phi) is 5.38. The van der Waals surface area contributed by atoms with Gasteiger partial charge in [0.1, 0.15) is 5.15 Å². The lowest BCUT2D eigenvalue weighted by Gasteiger charge is -2.23. The van der Waals surface area contributed by atoms with Gasteiger partial charge in [-0.05, 0) is 17.9 Å². The topological polar surface area (TPSA) is 62.2 Å². The summed E-state index contributed by atoms with van der Waals surface area (Å²) >= 11 is 11.5. The summed E-state index contributed by atoms with van der Waals surface area (Å²) in [7, 11) is 0. The van der Waals surface area contributed by atoms with E-state index in [1.165, 1.54) is 12.3 Å². The highest BCUT2D eigenvalue weighted by molar-refractivity contribution is 6.41. The van der Waals surface area contributed by atoms with Crippen LogP contribution in [0.15, 0.2) is 12.3 Å². The Bertz CT molecular complexity index is 436.